The van der Waals surface area contributed by atoms with Crippen molar-refractivity contribution in [2.75, 3.05) is 5.32 Å². The Kier molecular flexibility index (Phi) is 5.70. The summed E-state index contributed by atoms with van der Waals surface area (Å²) in [6, 6.07) is 9.00. The first-order valence-corrected chi connectivity index (χ1v) is 7.45. The Bertz CT molecular complexity index is 752. The predicted molar refractivity (Wildman–Crippen MR) is 87.8 cm³/mol. The van der Waals surface area contributed by atoms with E-state index in [0.29, 0.717) is 12.2 Å². The fourth-order valence-corrected chi connectivity index (χ4v) is 2.10. The van der Waals surface area contributed by atoms with Gasteiger partial charge in [-0.3, -0.25) is 14.9 Å². The Balaban J connectivity index is 2.13. The number of benzene rings is 2. The van der Waals surface area contributed by atoms with Crippen molar-refractivity contribution in [2.45, 2.75) is 19.4 Å². The summed E-state index contributed by atoms with van der Waals surface area (Å²) < 4.78 is 18.4. The molecule has 1 amide bonds. The molecule has 24 heavy (non-hydrogen) atoms. The number of amides is 1. The zero-order valence-electron chi connectivity index (χ0n) is 12.7. The van der Waals surface area contributed by atoms with Crippen molar-refractivity contribution in [1.82, 2.24) is 0 Å². The first kappa shape index (κ1) is 17.7. The summed E-state index contributed by atoms with van der Waals surface area (Å²) in [5, 5.41) is 13.5. The molecule has 6 nitrogen and oxygen atoms in total. The maximum Gasteiger partial charge on any atom is 0.271 e. The van der Waals surface area contributed by atoms with Gasteiger partial charge >= 0.3 is 0 Å². The lowest BCUT2D eigenvalue weighted by Gasteiger charge is -2.17. The van der Waals surface area contributed by atoms with Crippen molar-refractivity contribution in [3.63, 3.8) is 0 Å². The van der Waals surface area contributed by atoms with Crippen LogP contribution in [-0.2, 0) is 4.79 Å². The van der Waals surface area contributed by atoms with Gasteiger partial charge in [0.05, 0.1) is 15.6 Å². The van der Waals surface area contributed by atoms with Crippen molar-refractivity contribution >= 4 is 28.9 Å². The van der Waals surface area contributed by atoms with Gasteiger partial charge in [-0.2, -0.15) is 0 Å². The highest BCUT2D eigenvalue weighted by atomic mass is 35.5. The Hall–Kier alpha value is -2.67. The molecule has 0 aliphatic carbocycles. The SMILES string of the molecule is CC[C@@H](Oc1ccc(F)cc1)C(=O)Nc1cc([N+](=O)[O-])ccc1Cl. The lowest BCUT2D eigenvalue weighted by molar-refractivity contribution is -0.384. The number of carbonyl (C=O) groups is 1. The number of ether oxygens (including phenoxy) is 1. The number of nitrogens with one attached hydrogen (secondary N) is 1. The molecular weight excluding hydrogens is 339 g/mol. The summed E-state index contributed by atoms with van der Waals surface area (Å²) in [7, 11) is 0. The Morgan fingerprint density at radius 3 is 2.58 bits per heavy atom. The minimum atomic E-state index is -0.856. The summed E-state index contributed by atoms with van der Waals surface area (Å²) >= 11 is 5.95. The lowest BCUT2D eigenvalue weighted by atomic mass is 10.2. The Morgan fingerprint density at radius 2 is 2.00 bits per heavy atom. The normalized spacial score (nSPS) is 11.6. The fraction of sp³-hybridized carbons (Fsp3) is 0.188. The van der Waals surface area contributed by atoms with Gasteiger partial charge in [-0.25, -0.2) is 4.39 Å². The lowest BCUT2D eigenvalue weighted by Crippen LogP contribution is -2.32. The van der Waals surface area contributed by atoms with Gasteiger partial charge in [0.15, 0.2) is 6.10 Å². The molecule has 0 aliphatic rings. The number of anilines is 1. The number of nitrogens with zero attached hydrogens (tertiary/aromatic N) is 1. The number of hydrogen-bond acceptors (Lipinski definition) is 4. The third kappa shape index (κ3) is 4.42. The maximum absolute atomic E-state index is 12.9. The number of halogens is 2. The number of carbonyl (C=O) groups excluding carboxylic acids is 1. The van der Waals surface area contributed by atoms with Crippen LogP contribution in [0.2, 0.25) is 5.02 Å². The van der Waals surface area contributed by atoms with Crippen LogP contribution in [0.1, 0.15) is 13.3 Å². The second-order valence-corrected chi connectivity index (χ2v) is 5.29. The summed E-state index contributed by atoms with van der Waals surface area (Å²) in [6.45, 7) is 1.74. The highest BCUT2D eigenvalue weighted by molar-refractivity contribution is 6.33. The number of non-ortho nitro benzene ring substituents is 1. The topological polar surface area (TPSA) is 81.5 Å². The molecule has 2 rings (SSSR count). The molecule has 126 valence electrons. The number of rotatable bonds is 6. The molecule has 0 fully saturated rings. The summed E-state index contributed by atoms with van der Waals surface area (Å²) in [5.41, 5.74) is -0.0702. The molecule has 0 saturated carbocycles. The summed E-state index contributed by atoms with van der Waals surface area (Å²) in [4.78, 5) is 22.5. The quantitative estimate of drug-likeness (QED) is 0.624. The van der Waals surface area contributed by atoms with E-state index in [0.717, 1.165) is 0 Å². The van der Waals surface area contributed by atoms with E-state index < -0.39 is 22.8 Å². The minimum Gasteiger partial charge on any atom is -0.481 e. The Morgan fingerprint density at radius 1 is 1.33 bits per heavy atom. The molecule has 0 unspecified atom stereocenters. The molecule has 0 spiro atoms. The standard InChI is InChI=1S/C16H14ClFN2O4/c1-2-15(24-12-6-3-10(18)4-7-12)16(21)19-14-9-11(20(22)23)5-8-13(14)17/h3-9,15H,2H2,1H3,(H,19,21)/t15-/m1/s1. The first-order valence-electron chi connectivity index (χ1n) is 7.07. The number of hydrogen-bond donors (Lipinski definition) is 1. The second-order valence-electron chi connectivity index (χ2n) is 4.88. The smallest absolute Gasteiger partial charge is 0.271 e. The molecule has 0 saturated heterocycles. The maximum atomic E-state index is 12.9. The van der Waals surface area contributed by atoms with Crippen molar-refractivity contribution in [2.24, 2.45) is 0 Å². The van der Waals surface area contributed by atoms with E-state index in [9.17, 15) is 19.3 Å². The molecule has 8 heteroatoms. The summed E-state index contributed by atoms with van der Waals surface area (Å²) in [6.07, 6.45) is -0.513. The first-order chi connectivity index (χ1) is 11.4. The minimum absolute atomic E-state index is 0.122. The molecule has 0 radical (unpaired) electrons. The molecule has 1 atom stereocenters. The van der Waals surface area contributed by atoms with Crippen LogP contribution in [-0.4, -0.2) is 16.9 Å². The number of nitro benzene ring substituents is 1. The van der Waals surface area contributed by atoms with Crippen molar-refractivity contribution < 1.29 is 18.8 Å². The third-order valence-electron chi connectivity index (χ3n) is 3.17. The van der Waals surface area contributed by atoms with Crippen LogP contribution >= 0.6 is 11.6 Å². The van der Waals surface area contributed by atoms with Crippen LogP contribution in [0, 0.1) is 15.9 Å². The molecular formula is C16H14ClFN2O4. The Labute approximate surface area is 142 Å². The third-order valence-corrected chi connectivity index (χ3v) is 3.50. The molecule has 0 heterocycles. The van der Waals surface area contributed by atoms with E-state index in [1.165, 1.54) is 42.5 Å². The largest absolute Gasteiger partial charge is 0.481 e. The van der Waals surface area contributed by atoms with Crippen LogP contribution in [0.5, 0.6) is 5.75 Å². The highest BCUT2D eigenvalue weighted by Crippen LogP contribution is 2.27. The van der Waals surface area contributed by atoms with Crippen LogP contribution in [0.15, 0.2) is 42.5 Å². The van der Waals surface area contributed by atoms with Crippen LogP contribution in [0.4, 0.5) is 15.8 Å². The monoisotopic (exact) mass is 352 g/mol. The highest BCUT2D eigenvalue weighted by Gasteiger charge is 2.20. The average molecular weight is 353 g/mol. The molecule has 0 bridgehead atoms. The number of nitro groups is 1. The van der Waals surface area contributed by atoms with Gasteiger partial charge in [0, 0.05) is 12.1 Å². The van der Waals surface area contributed by atoms with Crippen molar-refractivity contribution in [3.05, 3.63) is 63.4 Å². The van der Waals surface area contributed by atoms with Crippen molar-refractivity contribution in [3.8, 4) is 5.75 Å². The molecule has 2 aromatic carbocycles. The van der Waals surface area contributed by atoms with E-state index in [2.05, 4.69) is 5.32 Å². The van der Waals surface area contributed by atoms with E-state index in [-0.39, 0.29) is 16.4 Å². The van der Waals surface area contributed by atoms with Crippen LogP contribution < -0.4 is 10.1 Å². The van der Waals surface area contributed by atoms with Gasteiger partial charge in [-0.15, -0.1) is 0 Å². The molecule has 1 N–H and O–H groups in total. The molecule has 2 aromatic rings. The predicted octanol–water partition coefficient (Wildman–Crippen LogP) is 4.18. The average Bonchev–Trinajstić information content (AvgIpc) is 2.56. The second kappa shape index (κ2) is 7.74. The van der Waals surface area contributed by atoms with E-state index in [1.807, 2.05) is 0 Å². The summed E-state index contributed by atoms with van der Waals surface area (Å²) in [5.74, 6) is -0.587. The van der Waals surface area contributed by atoms with E-state index in [4.69, 9.17) is 16.3 Å². The van der Waals surface area contributed by atoms with Crippen molar-refractivity contribution in [1.29, 1.82) is 0 Å². The van der Waals surface area contributed by atoms with Gasteiger partial charge in [0.2, 0.25) is 0 Å². The molecule has 0 aromatic heterocycles. The van der Waals surface area contributed by atoms with Gasteiger partial charge < -0.3 is 10.1 Å². The van der Waals surface area contributed by atoms with E-state index in [1.54, 1.807) is 6.92 Å². The fourth-order valence-electron chi connectivity index (χ4n) is 1.94. The van der Waals surface area contributed by atoms with Crippen LogP contribution in [0.3, 0.4) is 0 Å². The van der Waals surface area contributed by atoms with Crippen LogP contribution in [0.25, 0.3) is 0 Å². The molecule has 0 aliphatic heterocycles. The van der Waals surface area contributed by atoms with E-state index >= 15 is 0 Å². The zero-order chi connectivity index (χ0) is 17.7. The van der Waals surface area contributed by atoms with Gasteiger partial charge in [0.25, 0.3) is 11.6 Å². The zero-order valence-corrected chi connectivity index (χ0v) is 13.4. The van der Waals surface area contributed by atoms with Gasteiger partial charge in [-0.1, -0.05) is 18.5 Å². The van der Waals surface area contributed by atoms with Gasteiger partial charge in [0.1, 0.15) is 11.6 Å². The van der Waals surface area contributed by atoms with Gasteiger partial charge in [-0.05, 0) is 36.8 Å².